The van der Waals surface area contributed by atoms with Gasteiger partial charge in [-0.25, -0.2) is 0 Å². The van der Waals surface area contributed by atoms with Crippen LogP contribution in [-0.2, 0) is 4.74 Å². The minimum atomic E-state index is 0.714. The zero-order valence-electron chi connectivity index (χ0n) is 20.3. The van der Waals surface area contributed by atoms with E-state index in [-0.39, 0.29) is 0 Å². The zero-order valence-corrected chi connectivity index (χ0v) is 20.3. The summed E-state index contributed by atoms with van der Waals surface area (Å²) in [6.45, 7) is 5.73. The Kier molecular flexibility index (Phi) is 8.00. The zero-order chi connectivity index (χ0) is 23.8. The maximum atomic E-state index is 5.85. The maximum absolute atomic E-state index is 5.85. The van der Waals surface area contributed by atoms with Crippen molar-refractivity contribution in [2.75, 3.05) is 25.2 Å². The third-order valence-electron chi connectivity index (χ3n) is 5.91. The van der Waals surface area contributed by atoms with E-state index in [9.17, 15) is 0 Å². The van der Waals surface area contributed by atoms with Crippen molar-refractivity contribution in [2.45, 2.75) is 26.7 Å². The fraction of sp³-hybridized carbons (Fsp3) is 0.226. The minimum Gasteiger partial charge on any atom is -0.494 e. The molecule has 0 spiro atoms. The Hall–Kier alpha value is -3.56. The average Bonchev–Trinajstić information content (AvgIpc) is 2.87. The second-order valence-electron chi connectivity index (χ2n) is 8.63. The minimum absolute atomic E-state index is 0.714. The molecular weight excluding hydrogens is 418 g/mol. The third kappa shape index (κ3) is 6.06. The molecule has 4 aromatic rings. The number of rotatable bonds is 10. The number of methoxy groups -OCH3 is 1. The number of hydrogen-bond acceptors (Lipinski definition) is 3. The summed E-state index contributed by atoms with van der Waals surface area (Å²) in [6.07, 6.45) is 2.01. The molecule has 0 saturated carbocycles. The van der Waals surface area contributed by atoms with E-state index in [2.05, 4.69) is 104 Å². The Bertz CT molecular complexity index is 1100. The van der Waals surface area contributed by atoms with Gasteiger partial charge < -0.3 is 14.4 Å². The van der Waals surface area contributed by atoms with Gasteiger partial charge in [0.25, 0.3) is 0 Å². The van der Waals surface area contributed by atoms with Crippen LogP contribution in [-0.4, -0.2) is 20.3 Å². The topological polar surface area (TPSA) is 21.7 Å². The molecule has 0 aliphatic rings. The summed E-state index contributed by atoms with van der Waals surface area (Å²) in [4.78, 5) is 2.29. The van der Waals surface area contributed by atoms with E-state index < -0.39 is 0 Å². The van der Waals surface area contributed by atoms with Crippen LogP contribution in [0.15, 0.2) is 97.1 Å². The monoisotopic (exact) mass is 451 g/mol. The third-order valence-corrected chi connectivity index (χ3v) is 5.91. The molecule has 0 aliphatic heterocycles. The average molecular weight is 452 g/mol. The first-order chi connectivity index (χ1) is 16.6. The summed E-state index contributed by atoms with van der Waals surface area (Å²) < 4.78 is 10.9. The number of benzene rings is 4. The van der Waals surface area contributed by atoms with Crippen molar-refractivity contribution in [3.8, 4) is 16.9 Å². The summed E-state index contributed by atoms with van der Waals surface area (Å²) in [6, 6.07) is 34.4. The van der Waals surface area contributed by atoms with Gasteiger partial charge in [-0.05, 0) is 86.3 Å². The Morgan fingerprint density at radius 3 is 1.41 bits per heavy atom. The molecule has 34 heavy (non-hydrogen) atoms. The fourth-order valence-corrected chi connectivity index (χ4v) is 3.92. The first-order valence-electron chi connectivity index (χ1n) is 11.9. The summed E-state index contributed by atoms with van der Waals surface area (Å²) >= 11 is 0. The second-order valence-corrected chi connectivity index (χ2v) is 8.63. The van der Waals surface area contributed by atoms with Crippen LogP contribution in [0, 0.1) is 13.8 Å². The molecule has 0 radical (unpaired) electrons. The molecule has 0 fully saturated rings. The van der Waals surface area contributed by atoms with Crippen molar-refractivity contribution >= 4 is 17.1 Å². The molecule has 3 nitrogen and oxygen atoms in total. The molecule has 4 aromatic carbocycles. The lowest BCUT2D eigenvalue weighted by Gasteiger charge is -2.26. The van der Waals surface area contributed by atoms with E-state index in [0.29, 0.717) is 6.61 Å². The highest BCUT2D eigenvalue weighted by Crippen LogP contribution is 2.36. The van der Waals surface area contributed by atoms with Gasteiger partial charge >= 0.3 is 0 Å². The molecule has 0 N–H and O–H groups in total. The van der Waals surface area contributed by atoms with Crippen LogP contribution in [0.4, 0.5) is 17.1 Å². The molecule has 0 aromatic heterocycles. The lowest BCUT2D eigenvalue weighted by Crippen LogP contribution is -2.09. The van der Waals surface area contributed by atoms with Gasteiger partial charge in [-0.15, -0.1) is 0 Å². The molecule has 3 heteroatoms. The van der Waals surface area contributed by atoms with Crippen molar-refractivity contribution in [1.82, 2.24) is 0 Å². The van der Waals surface area contributed by atoms with Crippen LogP contribution in [0.25, 0.3) is 11.1 Å². The van der Waals surface area contributed by atoms with E-state index in [1.54, 1.807) is 7.11 Å². The largest absolute Gasteiger partial charge is 0.494 e. The lowest BCUT2D eigenvalue weighted by atomic mass is 10.0. The highest BCUT2D eigenvalue weighted by atomic mass is 16.5. The van der Waals surface area contributed by atoms with Crippen molar-refractivity contribution < 1.29 is 9.47 Å². The van der Waals surface area contributed by atoms with Crippen molar-refractivity contribution in [3.05, 3.63) is 108 Å². The number of anilines is 3. The summed E-state index contributed by atoms with van der Waals surface area (Å²) in [5.41, 5.74) is 8.30. The standard InChI is InChI=1S/C31H33NO2/c1-24-6-14-28(15-7-24)32(29-16-8-25(2)9-17-29)30-18-10-26(11-19-30)27-12-20-31(21-13-27)34-23-5-4-22-33-3/h6-21H,4-5,22-23H2,1-3H3. The van der Waals surface area contributed by atoms with Gasteiger partial charge in [0.1, 0.15) is 5.75 Å². The smallest absolute Gasteiger partial charge is 0.119 e. The molecule has 0 atom stereocenters. The molecular formula is C31H33NO2. The predicted octanol–water partition coefficient (Wildman–Crippen LogP) is 8.25. The first-order valence-corrected chi connectivity index (χ1v) is 11.9. The fourth-order valence-electron chi connectivity index (χ4n) is 3.92. The molecule has 174 valence electrons. The van der Waals surface area contributed by atoms with E-state index in [1.807, 2.05) is 12.1 Å². The number of hydrogen-bond donors (Lipinski definition) is 0. The van der Waals surface area contributed by atoms with E-state index in [0.717, 1.165) is 42.3 Å². The van der Waals surface area contributed by atoms with Gasteiger partial charge in [0.15, 0.2) is 0 Å². The van der Waals surface area contributed by atoms with Gasteiger partial charge in [-0.3, -0.25) is 0 Å². The quantitative estimate of drug-likeness (QED) is 0.227. The maximum Gasteiger partial charge on any atom is 0.119 e. The molecule has 0 saturated heterocycles. The Labute approximate surface area is 203 Å². The van der Waals surface area contributed by atoms with Gasteiger partial charge in [-0.1, -0.05) is 59.7 Å². The molecule has 4 rings (SSSR count). The lowest BCUT2D eigenvalue weighted by molar-refractivity contribution is 0.184. The molecule has 0 heterocycles. The van der Waals surface area contributed by atoms with Crippen molar-refractivity contribution in [1.29, 1.82) is 0 Å². The Balaban J connectivity index is 1.52. The van der Waals surface area contributed by atoms with Gasteiger partial charge in [0.2, 0.25) is 0 Å². The van der Waals surface area contributed by atoms with Gasteiger partial charge in [0.05, 0.1) is 6.61 Å². The number of ether oxygens (including phenoxy) is 2. The first kappa shape index (κ1) is 23.6. The Morgan fingerprint density at radius 1 is 0.529 bits per heavy atom. The van der Waals surface area contributed by atoms with Crippen molar-refractivity contribution in [2.24, 2.45) is 0 Å². The SMILES string of the molecule is COCCCCOc1ccc(-c2ccc(N(c3ccc(C)cc3)c3ccc(C)cc3)cc2)cc1. The molecule has 0 bridgehead atoms. The predicted molar refractivity (Wildman–Crippen MR) is 143 cm³/mol. The van der Waals surface area contributed by atoms with Crippen LogP contribution in [0.5, 0.6) is 5.75 Å². The Morgan fingerprint density at radius 2 is 0.941 bits per heavy atom. The van der Waals surface area contributed by atoms with Crippen LogP contribution in [0.3, 0.4) is 0 Å². The number of unbranched alkanes of at least 4 members (excludes halogenated alkanes) is 1. The molecule has 0 amide bonds. The normalized spacial score (nSPS) is 10.8. The number of nitrogens with zero attached hydrogens (tertiary/aromatic N) is 1. The van der Waals surface area contributed by atoms with Crippen molar-refractivity contribution in [3.63, 3.8) is 0 Å². The number of aryl methyl sites for hydroxylation is 2. The summed E-state index contributed by atoms with van der Waals surface area (Å²) in [7, 11) is 1.73. The van der Waals surface area contributed by atoms with E-state index >= 15 is 0 Å². The molecule has 0 aliphatic carbocycles. The highest BCUT2D eigenvalue weighted by molar-refractivity contribution is 5.78. The second kappa shape index (κ2) is 11.5. The van der Waals surface area contributed by atoms with Crippen LogP contribution >= 0.6 is 0 Å². The molecule has 0 unspecified atom stereocenters. The summed E-state index contributed by atoms with van der Waals surface area (Å²) in [5, 5.41) is 0. The van der Waals surface area contributed by atoms with Crippen LogP contribution in [0.1, 0.15) is 24.0 Å². The highest BCUT2D eigenvalue weighted by Gasteiger charge is 2.12. The van der Waals surface area contributed by atoms with Gasteiger partial charge in [-0.2, -0.15) is 0 Å². The van der Waals surface area contributed by atoms with E-state index in [1.165, 1.54) is 22.3 Å². The van der Waals surface area contributed by atoms with Crippen LogP contribution < -0.4 is 9.64 Å². The van der Waals surface area contributed by atoms with E-state index in [4.69, 9.17) is 9.47 Å². The van der Waals surface area contributed by atoms with Crippen LogP contribution in [0.2, 0.25) is 0 Å². The summed E-state index contributed by atoms with van der Waals surface area (Å²) in [5.74, 6) is 0.905. The van der Waals surface area contributed by atoms with Gasteiger partial charge in [0, 0.05) is 30.8 Å².